The van der Waals surface area contributed by atoms with Gasteiger partial charge >= 0.3 is 0 Å². The molecule has 0 aromatic heterocycles. The fourth-order valence-electron chi connectivity index (χ4n) is 2.95. The second-order valence-electron chi connectivity index (χ2n) is 7.90. The van der Waals surface area contributed by atoms with Gasteiger partial charge in [-0.1, -0.05) is 65.0 Å². The molecule has 4 heteroatoms. The average Bonchev–Trinajstić information content (AvgIpc) is 2.69. The minimum absolute atomic E-state index is 0.00825. The lowest BCUT2D eigenvalue weighted by Gasteiger charge is -2.23. The van der Waals surface area contributed by atoms with Crippen LogP contribution in [0.5, 0.6) is 11.5 Å². The Morgan fingerprint density at radius 3 is 2.32 bits per heavy atom. The van der Waals surface area contributed by atoms with Crippen LogP contribution in [-0.4, -0.2) is 25.2 Å². The molecule has 0 saturated carbocycles. The van der Waals surface area contributed by atoms with Gasteiger partial charge in [-0.3, -0.25) is 4.79 Å². The highest BCUT2D eigenvalue weighted by molar-refractivity contribution is 5.81. The summed E-state index contributed by atoms with van der Waals surface area (Å²) in [6.07, 6.45) is 1.08. The van der Waals surface area contributed by atoms with Gasteiger partial charge in [-0.05, 0) is 47.6 Å². The minimum atomic E-state index is -0.505. The molecule has 2 aromatic carbocycles. The van der Waals surface area contributed by atoms with Crippen LogP contribution in [0.4, 0.5) is 0 Å². The van der Waals surface area contributed by atoms with Crippen LogP contribution in [0.2, 0.25) is 0 Å². The van der Waals surface area contributed by atoms with Gasteiger partial charge in [-0.2, -0.15) is 0 Å². The van der Waals surface area contributed by atoms with E-state index in [4.69, 9.17) is 9.47 Å². The second kappa shape index (κ2) is 10.2. The third-order valence-electron chi connectivity index (χ3n) is 4.63. The molecule has 1 unspecified atom stereocenters. The smallest absolute Gasteiger partial charge is 0.261 e. The molecule has 0 aliphatic rings. The fraction of sp³-hybridized carbons (Fsp3) is 0.458. The Labute approximate surface area is 169 Å². The molecule has 0 heterocycles. The number of amides is 1. The molecule has 1 N–H and O–H groups in total. The zero-order chi connectivity index (χ0) is 20.6. The van der Waals surface area contributed by atoms with Gasteiger partial charge < -0.3 is 14.8 Å². The molecule has 0 aliphatic carbocycles. The van der Waals surface area contributed by atoms with E-state index in [1.54, 1.807) is 0 Å². The van der Waals surface area contributed by atoms with Crippen molar-refractivity contribution in [2.24, 2.45) is 0 Å². The van der Waals surface area contributed by atoms with E-state index in [9.17, 15) is 4.79 Å². The number of hydrogen-bond donors (Lipinski definition) is 1. The Morgan fingerprint density at radius 1 is 1.04 bits per heavy atom. The third-order valence-corrected chi connectivity index (χ3v) is 4.63. The summed E-state index contributed by atoms with van der Waals surface area (Å²) in [5.41, 5.74) is 2.41. The van der Waals surface area contributed by atoms with E-state index in [-0.39, 0.29) is 11.3 Å². The monoisotopic (exact) mass is 383 g/mol. The van der Waals surface area contributed by atoms with Gasteiger partial charge in [0, 0.05) is 0 Å². The van der Waals surface area contributed by atoms with Crippen molar-refractivity contribution in [2.75, 3.05) is 13.2 Å². The number of rotatable bonds is 9. The molecule has 0 fully saturated rings. The number of carbonyl (C=O) groups is 1. The largest absolute Gasteiger partial charge is 0.491 e. The lowest BCUT2D eigenvalue weighted by molar-refractivity contribution is -0.128. The van der Waals surface area contributed by atoms with Crippen molar-refractivity contribution in [2.45, 2.75) is 59.0 Å². The fourth-order valence-corrected chi connectivity index (χ4v) is 2.95. The van der Waals surface area contributed by atoms with E-state index in [0.717, 1.165) is 23.5 Å². The van der Waals surface area contributed by atoms with Crippen LogP contribution in [-0.2, 0) is 16.6 Å². The molecule has 0 saturated heterocycles. The lowest BCUT2D eigenvalue weighted by Crippen LogP contribution is -2.39. The van der Waals surface area contributed by atoms with Crippen molar-refractivity contribution in [1.29, 1.82) is 0 Å². The first-order chi connectivity index (χ1) is 13.3. The molecular weight excluding hydrogens is 350 g/mol. The zero-order valence-corrected chi connectivity index (χ0v) is 17.7. The summed E-state index contributed by atoms with van der Waals surface area (Å²) >= 11 is 0. The van der Waals surface area contributed by atoms with Crippen molar-refractivity contribution in [3.8, 4) is 11.5 Å². The predicted octanol–water partition coefficient (Wildman–Crippen LogP) is 4.90. The number of benzene rings is 2. The highest BCUT2D eigenvalue weighted by Crippen LogP contribution is 2.30. The molecule has 2 aromatic rings. The van der Waals surface area contributed by atoms with Crippen LogP contribution < -0.4 is 14.8 Å². The van der Waals surface area contributed by atoms with Crippen molar-refractivity contribution in [3.05, 3.63) is 59.7 Å². The number of carbonyl (C=O) groups excluding carboxylic acids is 1. The lowest BCUT2D eigenvalue weighted by atomic mass is 9.86. The summed E-state index contributed by atoms with van der Waals surface area (Å²) in [5, 5.41) is 2.92. The molecule has 0 aliphatic heterocycles. The maximum Gasteiger partial charge on any atom is 0.261 e. The molecular formula is C24H33NO3. The number of aryl methyl sites for hydroxylation is 1. The third kappa shape index (κ3) is 6.29. The standard InChI is InChI=1S/C24H33NO3/c1-6-18-12-14-19(15-13-18)28-21(7-2)23(26)25-16-17-27-22-11-9-8-10-20(22)24(3,4)5/h8-15,21H,6-7,16-17H2,1-5H3,(H,25,26). The topological polar surface area (TPSA) is 47.6 Å². The van der Waals surface area contributed by atoms with Crippen molar-refractivity contribution in [1.82, 2.24) is 5.32 Å². The molecule has 28 heavy (non-hydrogen) atoms. The predicted molar refractivity (Wildman–Crippen MR) is 114 cm³/mol. The van der Waals surface area contributed by atoms with Gasteiger partial charge in [0.05, 0.1) is 6.54 Å². The van der Waals surface area contributed by atoms with E-state index in [0.29, 0.717) is 19.6 Å². The van der Waals surface area contributed by atoms with E-state index in [2.05, 4.69) is 39.1 Å². The maximum absolute atomic E-state index is 12.4. The number of nitrogens with one attached hydrogen (secondary N) is 1. The molecule has 152 valence electrons. The average molecular weight is 384 g/mol. The summed E-state index contributed by atoms with van der Waals surface area (Å²) in [5.74, 6) is 1.47. The van der Waals surface area contributed by atoms with Crippen molar-refractivity contribution >= 4 is 5.91 Å². The summed E-state index contributed by atoms with van der Waals surface area (Å²) < 4.78 is 11.8. The number of ether oxygens (including phenoxy) is 2. The minimum Gasteiger partial charge on any atom is -0.491 e. The SMILES string of the molecule is CCc1ccc(OC(CC)C(=O)NCCOc2ccccc2C(C)(C)C)cc1. The van der Waals surface area contributed by atoms with Gasteiger partial charge in [0.1, 0.15) is 18.1 Å². The van der Waals surface area contributed by atoms with Crippen LogP contribution in [0.3, 0.4) is 0 Å². The van der Waals surface area contributed by atoms with Gasteiger partial charge in [0.2, 0.25) is 0 Å². The van der Waals surface area contributed by atoms with Gasteiger partial charge in [-0.15, -0.1) is 0 Å². The van der Waals surface area contributed by atoms with Crippen LogP contribution >= 0.6 is 0 Å². The first kappa shape index (κ1) is 21.8. The van der Waals surface area contributed by atoms with E-state index in [1.807, 2.05) is 49.4 Å². The molecule has 0 radical (unpaired) electrons. The second-order valence-corrected chi connectivity index (χ2v) is 7.90. The molecule has 4 nitrogen and oxygen atoms in total. The van der Waals surface area contributed by atoms with Crippen LogP contribution in [0.15, 0.2) is 48.5 Å². The summed E-state index contributed by atoms with van der Waals surface area (Å²) in [6, 6.07) is 15.9. The summed E-state index contributed by atoms with van der Waals surface area (Å²) in [4.78, 5) is 12.4. The molecule has 1 atom stereocenters. The van der Waals surface area contributed by atoms with Crippen LogP contribution in [0.1, 0.15) is 52.2 Å². The van der Waals surface area contributed by atoms with Crippen molar-refractivity contribution < 1.29 is 14.3 Å². The summed E-state index contributed by atoms with van der Waals surface area (Å²) in [6.45, 7) is 11.4. The quantitative estimate of drug-likeness (QED) is 0.627. The first-order valence-corrected chi connectivity index (χ1v) is 10.1. The molecule has 0 bridgehead atoms. The zero-order valence-electron chi connectivity index (χ0n) is 17.7. The van der Waals surface area contributed by atoms with Crippen LogP contribution in [0.25, 0.3) is 0 Å². The van der Waals surface area contributed by atoms with E-state index < -0.39 is 6.10 Å². The Bertz CT molecular complexity index is 747. The normalized spacial score (nSPS) is 12.3. The Balaban J connectivity index is 1.84. The summed E-state index contributed by atoms with van der Waals surface area (Å²) in [7, 11) is 0. The van der Waals surface area contributed by atoms with E-state index >= 15 is 0 Å². The van der Waals surface area contributed by atoms with Gasteiger partial charge in [-0.25, -0.2) is 0 Å². The van der Waals surface area contributed by atoms with Crippen LogP contribution in [0, 0.1) is 0 Å². The number of hydrogen-bond acceptors (Lipinski definition) is 3. The first-order valence-electron chi connectivity index (χ1n) is 10.1. The molecule has 2 rings (SSSR count). The molecule has 0 spiro atoms. The highest BCUT2D eigenvalue weighted by Gasteiger charge is 2.19. The Kier molecular flexibility index (Phi) is 7.91. The van der Waals surface area contributed by atoms with Gasteiger partial charge in [0.15, 0.2) is 6.10 Å². The van der Waals surface area contributed by atoms with Crippen molar-refractivity contribution in [3.63, 3.8) is 0 Å². The Hall–Kier alpha value is -2.49. The van der Waals surface area contributed by atoms with Gasteiger partial charge in [0.25, 0.3) is 5.91 Å². The molecule has 1 amide bonds. The maximum atomic E-state index is 12.4. The van der Waals surface area contributed by atoms with E-state index in [1.165, 1.54) is 5.56 Å². The highest BCUT2D eigenvalue weighted by atomic mass is 16.5. The number of para-hydroxylation sites is 1. The Morgan fingerprint density at radius 2 is 1.71 bits per heavy atom.